The van der Waals surface area contributed by atoms with E-state index in [4.69, 9.17) is 29.0 Å². The lowest BCUT2D eigenvalue weighted by Gasteiger charge is -2.26. The molecular weight excluding hydrogens is 607 g/mol. The first-order valence-electron chi connectivity index (χ1n) is 14.2. The number of ether oxygens (including phenoxy) is 3. The highest BCUT2D eigenvalue weighted by Crippen LogP contribution is 2.47. The Balaban J connectivity index is 1.57. The molecule has 7 atom stereocenters. The molecule has 5 N–H and O–H groups in total. The third-order valence-electron chi connectivity index (χ3n) is 7.41. The lowest BCUT2D eigenvalue weighted by molar-refractivity contribution is -0.148. The summed E-state index contributed by atoms with van der Waals surface area (Å²) in [7, 11) is -2.92. The fraction of sp³-hybridized carbons (Fsp3) is 0.517. The molecule has 3 aromatic rings. The van der Waals surface area contributed by atoms with Crippen molar-refractivity contribution in [3.05, 3.63) is 54.0 Å². The Morgan fingerprint density at radius 1 is 1.24 bits per heavy atom. The quantitative estimate of drug-likeness (QED) is 0.164. The van der Waals surface area contributed by atoms with Gasteiger partial charge in [0.05, 0.1) is 18.4 Å². The maximum Gasteiger partial charge on any atom is 0.459 e. The van der Waals surface area contributed by atoms with Crippen molar-refractivity contribution in [2.75, 3.05) is 26.1 Å². The fourth-order valence-corrected chi connectivity index (χ4v) is 6.15. The van der Waals surface area contributed by atoms with Crippen LogP contribution in [0.4, 0.5) is 5.82 Å². The molecule has 15 nitrogen and oxygen atoms in total. The predicted molar refractivity (Wildman–Crippen MR) is 161 cm³/mol. The highest BCUT2D eigenvalue weighted by molar-refractivity contribution is 7.52. The number of nitrogens with two attached hydrogens (primary N) is 1. The van der Waals surface area contributed by atoms with Crippen LogP contribution in [-0.4, -0.2) is 81.6 Å². The number of carbonyl (C=O) groups is 1. The Labute approximate surface area is 260 Å². The molecule has 0 spiro atoms. The molecule has 0 saturated carbocycles. The van der Waals surface area contributed by atoms with Crippen LogP contribution in [-0.2, 0) is 39.1 Å². The van der Waals surface area contributed by atoms with Crippen molar-refractivity contribution >= 4 is 25.1 Å². The van der Waals surface area contributed by atoms with Crippen LogP contribution in [0.2, 0.25) is 0 Å². The highest BCUT2D eigenvalue weighted by Gasteiger charge is 2.58. The van der Waals surface area contributed by atoms with E-state index >= 15 is 0 Å². The number of nitrogens with zero attached hydrogens (tertiary/aromatic N) is 4. The number of aliphatic hydroxyl groups is 2. The Bertz CT molecular complexity index is 1590. The molecule has 1 saturated heterocycles. The first-order chi connectivity index (χ1) is 21.1. The highest BCUT2D eigenvalue weighted by atomic mass is 31.2. The molecule has 2 aromatic heterocycles. The third-order valence-corrected chi connectivity index (χ3v) is 9.05. The van der Waals surface area contributed by atoms with Gasteiger partial charge in [0.25, 0.3) is 0 Å². The molecule has 4 rings (SSSR count). The maximum absolute atomic E-state index is 14.1. The van der Waals surface area contributed by atoms with E-state index in [2.05, 4.69) is 15.2 Å². The van der Waals surface area contributed by atoms with Gasteiger partial charge in [-0.15, -0.1) is 0 Å². The molecule has 45 heavy (non-hydrogen) atoms. The number of nitrogens with one attached hydrogen (secondary N) is 1. The topological polar surface area (TPSA) is 213 Å². The molecule has 16 heteroatoms. The van der Waals surface area contributed by atoms with Gasteiger partial charge < -0.3 is 34.7 Å². The zero-order chi connectivity index (χ0) is 33.2. The normalized spacial score (nSPS) is 24.5. The molecule has 0 aliphatic carbocycles. The number of hydrogen-bond donors (Lipinski definition) is 4. The second kappa shape index (κ2) is 13.4. The number of nitrogen functional groups attached to an aromatic ring is 1. The van der Waals surface area contributed by atoms with Crippen molar-refractivity contribution in [1.29, 1.82) is 5.26 Å². The van der Waals surface area contributed by atoms with E-state index in [1.807, 2.05) is 39.0 Å². The number of hydrogen-bond acceptors (Lipinski definition) is 13. The van der Waals surface area contributed by atoms with Gasteiger partial charge in [-0.05, 0) is 49.1 Å². The molecule has 0 amide bonds. The molecule has 1 aromatic carbocycles. The number of aromatic nitrogens is 3. The standard InChI is InChI=1S/C29H39N6O9P/c1-17(40-6)13-41-27(38)18(2)34-45(39,44-20-9-7-19(8-10-20)28(3,4)5)42-14-22-24(36)25(37)29(15-30,43-22)23-12-11-21-26(31)32-16-33-35(21)23/h7-12,16-18,22,24-25,36-37H,13-14H2,1-6H3,(H,34,39)(H2,31,32,33)/t17?,18-,22+,24+,25+,29-,45?/m0/s1. The summed E-state index contributed by atoms with van der Waals surface area (Å²) in [5.74, 6) is -0.447. The maximum atomic E-state index is 14.1. The number of esters is 1. The number of rotatable bonds is 12. The van der Waals surface area contributed by atoms with E-state index < -0.39 is 50.3 Å². The number of fused-ring (bicyclic) bond motifs is 1. The zero-order valence-corrected chi connectivity index (χ0v) is 26.8. The van der Waals surface area contributed by atoms with Gasteiger partial charge in [-0.2, -0.15) is 15.4 Å². The molecule has 1 aliphatic heterocycles. The summed E-state index contributed by atoms with van der Waals surface area (Å²) in [5, 5.41) is 38.9. The van der Waals surface area contributed by atoms with Crippen molar-refractivity contribution in [2.45, 2.75) is 76.1 Å². The van der Waals surface area contributed by atoms with E-state index in [-0.39, 0.29) is 35.4 Å². The van der Waals surface area contributed by atoms with Crippen LogP contribution >= 0.6 is 7.75 Å². The number of methoxy groups -OCH3 is 1. The average Bonchev–Trinajstić information content (AvgIpc) is 3.54. The van der Waals surface area contributed by atoms with E-state index in [0.717, 1.165) is 5.56 Å². The van der Waals surface area contributed by atoms with E-state index in [0.29, 0.717) is 5.52 Å². The predicted octanol–water partition coefficient (Wildman–Crippen LogP) is 2.21. The number of carbonyl (C=O) groups excluding carboxylic acids is 1. The zero-order valence-electron chi connectivity index (χ0n) is 25.9. The second-order valence-corrected chi connectivity index (χ2v) is 13.5. The van der Waals surface area contributed by atoms with Crippen LogP contribution in [0.1, 0.15) is 45.9 Å². The summed E-state index contributed by atoms with van der Waals surface area (Å²) in [5.41, 5.74) is 5.10. The number of aliphatic hydroxyl groups excluding tert-OH is 2. The SMILES string of the molecule is COC(C)COC(=O)[C@H](C)NP(=O)(OC[C@H]1O[C@@](C#N)(c2ccc3c(N)ncnn23)[C@H](O)[C@@H]1O)Oc1ccc(C(C)(C)C)cc1. The molecule has 0 radical (unpaired) electrons. The fourth-order valence-electron chi connectivity index (χ4n) is 4.65. The smallest absolute Gasteiger partial charge is 0.459 e. The summed E-state index contributed by atoms with van der Waals surface area (Å²) >= 11 is 0. The molecule has 3 heterocycles. The molecule has 0 bridgehead atoms. The first kappa shape index (κ1) is 34.3. The number of nitriles is 1. The Morgan fingerprint density at radius 3 is 2.56 bits per heavy atom. The second-order valence-electron chi connectivity index (χ2n) is 11.8. The van der Waals surface area contributed by atoms with Crippen LogP contribution in [0.5, 0.6) is 5.75 Å². The number of anilines is 1. The van der Waals surface area contributed by atoms with Gasteiger partial charge in [-0.1, -0.05) is 32.9 Å². The summed E-state index contributed by atoms with van der Waals surface area (Å²) in [6, 6.07) is 10.6. The number of benzene rings is 1. The van der Waals surface area contributed by atoms with Gasteiger partial charge in [0.1, 0.15) is 54.6 Å². The van der Waals surface area contributed by atoms with Gasteiger partial charge in [0.2, 0.25) is 5.60 Å². The minimum atomic E-state index is -4.40. The molecule has 2 unspecified atom stereocenters. The van der Waals surface area contributed by atoms with E-state index in [9.17, 15) is 24.8 Å². The summed E-state index contributed by atoms with van der Waals surface area (Å²) in [4.78, 5) is 16.6. The van der Waals surface area contributed by atoms with Gasteiger partial charge in [0, 0.05) is 7.11 Å². The van der Waals surface area contributed by atoms with Crippen LogP contribution < -0.4 is 15.3 Å². The average molecular weight is 647 g/mol. The van der Waals surface area contributed by atoms with Crippen molar-refractivity contribution in [2.24, 2.45) is 0 Å². The van der Waals surface area contributed by atoms with Crippen molar-refractivity contribution in [3.63, 3.8) is 0 Å². The van der Waals surface area contributed by atoms with Crippen molar-refractivity contribution in [1.82, 2.24) is 19.7 Å². The van der Waals surface area contributed by atoms with Gasteiger partial charge >= 0.3 is 13.7 Å². The van der Waals surface area contributed by atoms with E-state index in [1.54, 1.807) is 25.1 Å². The van der Waals surface area contributed by atoms with Crippen LogP contribution in [0.3, 0.4) is 0 Å². The van der Waals surface area contributed by atoms with Gasteiger partial charge in [-0.3, -0.25) is 9.32 Å². The lowest BCUT2D eigenvalue weighted by atomic mass is 9.87. The van der Waals surface area contributed by atoms with Crippen molar-refractivity contribution < 1.29 is 42.8 Å². The van der Waals surface area contributed by atoms with Crippen molar-refractivity contribution in [3.8, 4) is 11.8 Å². The lowest BCUT2D eigenvalue weighted by Crippen LogP contribution is -2.41. The van der Waals surface area contributed by atoms with Crippen LogP contribution in [0, 0.1) is 11.3 Å². The molecule has 244 valence electrons. The summed E-state index contributed by atoms with van der Waals surface area (Å²) in [6.07, 6.45) is -3.98. The largest absolute Gasteiger partial charge is 0.462 e. The molecule has 1 fully saturated rings. The molecular formula is C29H39N6O9P. The molecule has 1 aliphatic rings. The Hall–Kier alpha value is -3.61. The minimum absolute atomic E-state index is 0.0388. The van der Waals surface area contributed by atoms with Crippen LogP contribution in [0.25, 0.3) is 5.52 Å². The van der Waals surface area contributed by atoms with Gasteiger partial charge in [0.15, 0.2) is 5.82 Å². The monoisotopic (exact) mass is 646 g/mol. The Kier molecular flexibility index (Phi) is 10.2. The summed E-state index contributed by atoms with van der Waals surface area (Å²) < 4.78 is 43.1. The summed E-state index contributed by atoms with van der Waals surface area (Å²) in [6.45, 7) is 8.59. The van der Waals surface area contributed by atoms with Gasteiger partial charge in [-0.25, -0.2) is 14.1 Å². The Morgan fingerprint density at radius 2 is 1.93 bits per heavy atom. The first-order valence-corrected chi connectivity index (χ1v) is 15.7. The third kappa shape index (κ3) is 7.29. The van der Waals surface area contributed by atoms with E-state index in [1.165, 1.54) is 30.9 Å². The minimum Gasteiger partial charge on any atom is -0.462 e. The van der Waals surface area contributed by atoms with Crippen LogP contribution in [0.15, 0.2) is 42.7 Å².